The fourth-order valence-electron chi connectivity index (χ4n) is 2.72. The molecule has 0 saturated heterocycles. The molecule has 22 heavy (non-hydrogen) atoms. The number of rotatable bonds is 1. The summed E-state index contributed by atoms with van der Waals surface area (Å²) in [6.45, 7) is 1.37. The van der Waals surface area contributed by atoms with Crippen LogP contribution in [0, 0.1) is 11.6 Å². The third-order valence-corrected chi connectivity index (χ3v) is 3.87. The topological polar surface area (TPSA) is 23.6 Å². The Balaban J connectivity index is 2.01. The van der Waals surface area contributed by atoms with Gasteiger partial charge in [0, 0.05) is 25.7 Å². The highest BCUT2D eigenvalue weighted by molar-refractivity contribution is 6.08. The Hall–Kier alpha value is -2.43. The molecule has 3 nitrogen and oxygen atoms in total. The van der Waals surface area contributed by atoms with Crippen LogP contribution in [-0.2, 0) is 0 Å². The number of carbonyl (C=O) groups excluding carboxylic acids is 1. The van der Waals surface area contributed by atoms with E-state index < -0.39 is 11.6 Å². The van der Waals surface area contributed by atoms with E-state index in [2.05, 4.69) is 4.90 Å². The molecule has 0 radical (unpaired) electrons. The van der Waals surface area contributed by atoms with Crippen LogP contribution >= 0.6 is 0 Å². The van der Waals surface area contributed by atoms with Crippen LogP contribution in [0.3, 0.4) is 0 Å². The summed E-state index contributed by atoms with van der Waals surface area (Å²) in [6.07, 6.45) is 0.806. The standard InChI is InChI=1S/C17H16F2N2O/c1-20-9-4-10-21(16-6-3-2-5-15(16)20)17(22)12-7-8-13(18)14(19)11-12/h2-3,5-8,11H,4,9-10H2,1H3. The molecule has 5 heteroatoms. The minimum Gasteiger partial charge on any atom is -0.373 e. The smallest absolute Gasteiger partial charge is 0.258 e. The molecule has 114 valence electrons. The Morgan fingerprint density at radius 2 is 1.73 bits per heavy atom. The van der Waals surface area contributed by atoms with Crippen molar-refractivity contribution in [3.05, 3.63) is 59.7 Å². The average Bonchev–Trinajstić information content (AvgIpc) is 2.69. The molecule has 0 aromatic heterocycles. The van der Waals surface area contributed by atoms with Crippen molar-refractivity contribution >= 4 is 17.3 Å². The van der Waals surface area contributed by atoms with Gasteiger partial charge in [-0.25, -0.2) is 8.78 Å². The molecule has 0 unspecified atom stereocenters. The van der Waals surface area contributed by atoms with Gasteiger partial charge in [0.05, 0.1) is 11.4 Å². The lowest BCUT2D eigenvalue weighted by atomic mass is 10.1. The molecule has 0 fully saturated rings. The molecule has 1 amide bonds. The molecule has 0 atom stereocenters. The molecule has 3 rings (SSSR count). The number of anilines is 2. The number of benzene rings is 2. The number of hydrogen-bond acceptors (Lipinski definition) is 2. The number of halogens is 2. The van der Waals surface area contributed by atoms with E-state index in [4.69, 9.17) is 0 Å². The van der Waals surface area contributed by atoms with Crippen molar-refractivity contribution in [2.45, 2.75) is 6.42 Å². The summed E-state index contributed by atoms with van der Waals surface area (Å²) in [4.78, 5) is 16.4. The van der Waals surface area contributed by atoms with Crippen LogP contribution in [0.25, 0.3) is 0 Å². The van der Waals surface area contributed by atoms with E-state index in [1.807, 2.05) is 31.3 Å². The number of para-hydroxylation sites is 2. The third-order valence-electron chi connectivity index (χ3n) is 3.87. The summed E-state index contributed by atoms with van der Waals surface area (Å²) in [6, 6.07) is 10.9. The molecule has 0 N–H and O–H groups in total. The van der Waals surface area contributed by atoms with Crippen molar-refractivity contribution in [1.82, 2.24) is 0 Å². The van der Waals surface area contributed by atoms with Gasteiger partial charge in [-0.3, -0.25) is 4.79 Å². The molecular formula is C17H16F2N2O. The van der Waals surface area contributed by atoms with Gasteiger partial charge in [0.2, 0.25) is 0 Å². The molecule has 0 saturated carbocycles. The van der Waals surface area contributed by atoms with Crippen LogP contribution < -0.4 is 9.80 Å². The van der Waals surface area contributed by atoms with E-state index in [0.717, 1.165) is 36.5 Å². The maximum Gasteiger partial charge on any atom is 0.258 e. The average molecular weight is 302 g/mol. The van der Waals surface area contributed by atoms with E-state index in [1.54, 1.807) is 4.90 Å². The van der Waals surface area contributed by atoms with E-state index in [0.29, 0.717) is 6.54 Å². The number of carbonyl (C=O) groups is 1. The predicted molar refractivity (Wildman–Crippen MR) is 82.4 cm³/mol. The quantitative estimate of drug-likeness (QED) is 0.805. The van der Waals surface area contributed by atoms with Crippen molar-refractivity contribution in [3.8, 4) is 0 Å². The molecule has 2 aromatic rings. The zero-order valence-electron chi connectivity index (χ0n) is 12.2. The van der Waals surface area contributed by atoms with Gasteiger partial charge in [0.15, 0.2) is 11.6 Å². The van der Waals surface area contributed by atoms with Gasteiger partial charge in [-0.2, -0.15) is 0 Å². The van der Waals surface area contributed by atoms with Crippen molar-refractivity contribution in [1.29, 1.82) is 0 Å². The van der Waals surface area contributed by atoms with Gasteiger partial charge < -0.3 is 9.80 Å². The maximum atomic E-state index is 13.4. The van der Waals surface area contributed by atoms with Gasteiger partial charge in [0.1, 0.15) is 0 Å². The predicted octanol–water partition coefficient (Wildman–Crippen LogP) is 3.45. The van der Waals surface area contributed by atoms with E-state index in [9.17, 15) is 13.6 Å². The fraction of sp³-hybridized carbons (Fsp3) is 0.235. The molecule has 0 bridgehead atoms. The lowest BCUT2D eigenvalue weighted by Crippen LogP contribution is -2.31. The molecule has 2 aromatic carbocycles. The lowest BCUT2D eigenvalue weighted by molar-refractivity contribution is 0.0986. The summed E-state index contributed by atoms with van der Waals surface area (Å²) in [5.74, 6) is -2.28. The lowest BCUT2D eigenvalue weighted by Gasteiger charge is -2.24. The van der Waals surface area contributed by atoms with Crippen LogP contribution in [0.1, 0.15) is 16.8 Å². The number of amides is 1. The SMILES string of the molecule is CN1CCCN(C(=O)c2ccc(F)c(F)c2)c2ccccc21. The maximum absolute atomic E-state index is 13.4. The Morgan fingerprint density at radius 3 is 2.45 bits per heavy atom. The van der Waals surface area contributed by atoms with Gasteiger partial charge in [-0.1, -0.05) is 12.1 Å². The number of hydrogen-bond donors (Lipinski definition) is 0. The van der Waals surface area contributed by atoms with Crippen molar-refractivity contribution in [2.24, 2.45) is 0 Å². The van der Waals surface area contributed by atoms with Crippen molar-refractivity contribution in [3.63, 3.8) is 0 Å². The summed E-state index contributed by atoms with van der Waals surface area (Å²) in [5, 5.41) is 0. The van der Waals surface area contributed by atoms with Crippen LogP contribution in [0.15, 0.2) is 42.5 Å². The van der Waals surface area contributed by atoms with E-state index in [-0.39, 0.29) is 11.5 Å². The largest absolute Gasteiger partial charge is 0.373 e. The molecule has 0 spiro atoms. The summed E-state index contributed by atoms with van der Waals surface area (Å²) >= 11 is 0. The fourth-order valence-corrected chi connectivity index (χ4v) is 2.72. The van der Waals surface area contributed by atoms with Gasteiger partial charge in [-0.05, 0) is 36.8 Å². The Morgan fingerprint density at radius 1 is 1.00 bits per heavy atom. The second kappa shape index (κ2) is 5.75. The highest BCUT2D eigenvalue weighted by Crippen LogP contribution is 2.32. The van der Waals surface area contributed by atoms with Gasteiger partial charge in [0.25, 0.3) is 5.91 Å². The minimum absolute atomic E-state index is 0.151. The van der Waals surface area contributed by atoms with Gasteiger partial charge >= 0.3 is 0 Å². The first-order chi connectivity index (χ1) is 10.6. The zero-order chi connectivity index (χ0) is 15.7. The normalized spacial score (nSPS) is 14.5. The highest BCUT2D eigenvalue weighted by Gasteiger charge is 2.24. The van der Waals surface area contributed by atoms with Crippen molar-refractivity contribution < 1.29 is 13.6 Å². The second-order valence-electron chi connectivity index (χ2n) is 5.35. The monoisotopic (exact) mass is 302 g/mol. The van der Waals surface area contributed by atoms with Crippen molar-refractivity contribution in [2.75, 3.05) is 29.9 Å². The minimum atomic E-state index is -1.01. The summed E-state index contributed by atoms with van der Waals surface area (Å²) < 4.78 is 26.4. The Bertz CT molecular complexity index is 718. The van der Waals surface area contributed by atoms with Crippen LogP contribution in [0.2, 0.25) is 0 Å². The Kier molecular flexibility index (Phi) is 3.79. The van der Waals surface area contributed by atoms with E-state index in [1.165, 1.54) is 6.07 Å². The van der Waals surface area contributed by atoms with Crippen LogP contribution in [0.4, 0.5) is 20.2 Å². The molecule has 1 heterocycles. The van der Waals surface area contributed by atoms with Gasteiger partial charge in [-0.15, -0.1) is 0 Å². The number of fused-ring (bicyclic) bond motifs is 1. The first-order valence-corrected chi connectivity index (χ1v) is 7.15. The molecule has 1 aliphatic heterocycles. The molecule has 1 aliphatic rings. The zero-order valence-corrected chi connectivity index (χ0v) is 12.2. The van der Waals surface area contributed by atoms with E-state index >= 15 is 0 Å². The highest BCUT2D eigenvalue weighted by atomic mass is 19.2. The first kappa shape index (κ1) is 14.5. The van der Waals surface area contributed by atoms with Crippen LogP contribution in [-0.4, -0.2) is 26.0 Å². The number of nitrogens with zero attached hydrogens (tertiary/aromatic N) is 2. The van der Waals surface area contributed by atoms with Crippen LogP contribution in [0.5, 0.6) is 0 Å². The summed E-state index contributed by atoms with van der Waals surface area (Å²) in [5.41, 5.74) is 1.89. The summed E-state index contributed by atoms with van der Waals surface area (Å²) in [7, 11) is 1.98. The molecule has 0 aliphatic carbocycles. The first-order valence-electron chi connectivity index (χ1n) is 7.15. The third kappa shape index (κ3) is 2.54. The second-order valence-corrected chi connectivity index (χ2v) is 5.35. The molecular weight excluding hydrogens is 286 g/mol. The Labute approximate surface area is 127 Å².